The molecule has 1 unspecified atom stereocenters. The third-order valence-corrected chi connectivity index (χ3v) is 6.70. The molecular formula is C27H39NO5. The Kier molecular flexibility index (Phi) is 8.95. The highest BCUT2D eigenvalue weighted by molar-refractivity contribution is 5.88. The zero-order chi connectivity index (χ0) is 23.8. The molecule has 1 saturated carbocycles. The molecule has 0 aromatic heterocycles. The highest BCUT2D eigenvalue weighted by Gasteiger charge is 2.50. The van der Waals surface area contributed by atoms with E-state index in [9.17, 15) is 9.59 Å². The van der Waals surface area contributed by atoms with Crippen LogP contribution in [0.3, 0.4) is 0 Å². The van der Waals surface area contributed by atoms with Gasteiger partial charge in [0.25, 0.3) is 0 Å². The molecule has 2 atom stereocenters. The van der Waals surface area contributed by atoms with Gasteiger partial charge in [-0.2, -0.15) is 0 Å². The molecule has 1 aromatic rings. The Hall–Kier alpha value is -2.34. The molecule has 1 saturated heterocycles. The van der Waals surface area contributed by atoms with E-state index < -0.39 is 5.72 Å². The summed E-state index contributed by atoms with van der Waals surface area (Å²) < 4.78 is 17.4. The molecule has 1 aromatic carbocycles. The van der Waals surface area contributed by atoms with E-state index in [1.807, 2.05) is 57.2 Å². The molecule has 1 heterocycles. The molecule has 0 radical (unpaired) electrons. The van der Waals surface area contributed by atoms with Crippen LogP contribution in [-0.2, 0) is 25.6 Å². The molecule has 33 heavy (non-hydrogen) atoms. The van der Waals surface area contributed by atoms with Crippen molar-refractivity contribution in [2.24, 2.45) is 5.92 Å². The minimum absolute atomic E-state index is 0.192. The number of benzene rings is 1. The summed E-state index contributed by atoms with van der Waals surface area (Å²) in [5.74, 6) is 0.220. The predicted octanol–water partition coefficient (Wildman–Crippen LogP) is 6.00. The van der Waals surface area contributed by atoms with Crippen molar-refractivity contribution >= 4 is 12.1 Å². The smallest absolute Gasteiger partial charge is 0.412 e. The lowest BCUT2D eigenvalue weighted by atomic mass is 9.83. The lowest BCUT2D eigenvalue weighted by Gasteiger charge is -2.35. The first kappa shape index (κ1) is 25.3. The van der Waals surface area contributed by atoms with Crippen LogP contribution in [0.25, 0.3) is 0 Å². The zero-order valence-corrected chi connectivity index (χ0v) is 20.5. The maximum Gasteiger partial charge on any atom is 0.412 e. The topological polar surface area (TPSA) is 65.1 Å². The van der Waals surface area contributed by atoms with E-state index in [2.05, 4.69) is 0 Å². The average Bonchev–Trinajstić information content (AvgIpc) is 3.06. The van der Waals surface area contributed by atoms with Crippen molar-refractivity contribution in [3.8, 4) is 0 Å². The van der Waals surface area contributed by atoms with Gasteiger partial charge in [0.2, 0.25) is 0 Å². The molecule has 1 amide bonds. The molecule has 1 aliphatic carbocycles. The third kappa shape index (κ3) is 6.59. The van der Waals surface area contributed by atoms with E-state index in [-0.39, 0.29) is 30.8 Å². The number of amides is 1. The molecular weight excluding hydrogens is 418 g/mol. The fourth-order valence-electron chi connectivity index (χ4n) is 5.06. The second-order valence-electron chi connectivity index (χ2n) is 9.51. The molecule has 182 valence electrons. The van der Waals surface area contributed by atoms with Gasteiger partial charge in [-0.3, -0.25) is 4.90 Å². The van der Waals surface area contributed by atoms with E-state index >= 15 is 0 Å². The van der Waals surface area contributed by atoms with E-state index in [0.717, 1.165) is 12.0 Å². The van der Waals surface area contributed by atoms with Crippen LogP contribution in [0.5, 0.6) is 0 Å². The number of rotatable bonds is 8. The third-order valence-electron chi connectivity index (χ3n) is 6.70. The Bertz CT molecular complexity index is 813. The van der Waals surface area contributed by atoms with Gasteiger partial charge in [0.15, 0.2) is 0 Å². The maximum absolute atomic E-state index is 13.3. The van der Waals surface area contributed by atoms with E-state index in [0.29, 0.717) is 24.5 Å². The van der Waals surface area contributed by atoms with Crippen molar-refractivity contribution < 1.29 is 23.8 Å². The Morgan fingerprint density at radius 1 is 1.09 bits per heavy atom. The van der Waals surface area contributed by atoms with Crippen molar-refractivity contribution in [1.29, 1.82) is 0 Å². The summed E-state index contributed by atoms with van der Waals surface area (Å²) in [5, 5.41) is 0. The number of hydrogen-bond acceptors (Lipinski definition) is 5. The summed E-state index contributed by atoms with van der Waals surface area (Å²) in [6, 6.07) is 9.49. The fraction of sp³-hybridized carbons (Fsp3) is 0.630. The van der Waals surface area contributed by atoms with Crippen molar-refractivity contribution in [3.05, 3.63) is 47.5 Å². The number of ether oxygens (including phenoxy) is 3. The number of carbonyl (C=O) groups excluding carboxylic acids is 2. The van der Waals surface area contributed by atoms with Gasteiger partial charge in [0, 0.05) is 5.57 Å². The SMILES string of the molecule is CCOC(=O)C(=CC1OC(C)(C)N(C(=O)OCc2ccccc2)[C@H]1CC1CCCCC1)CC. The zero-order valence-electron chi connectivity index (χ0n) is 20.5. The van der Waals surface area contributed by atoms with Crippen LogP contribution >= 0.6 is 0 Å². The highest BCUT2D eigenvalue weighted by Crippen LogP contribution is 2.39. The number of esters is 1. The maximum atomic E-state index is 13.3. The minimum Gasteiger partial charge on any atom is -0.463 e. The van der Waals surface area contributed by atoms with Crippen LogP contribution < -0.4 is 0 Å². The Morgan fingerprint density at radius 3 is 2.42 bits per heavy atom. The quantitative estimate of drug-likeness (QED) is 0.354. The minimum atomic E-state index is -0.845. The van der Waals surface area contributed by atoms with Crippen LogP contribution in [0.2, 0.25) is 0 Å². The molecule has 2 aliphatic rings. The molecule has 0 bridgehead atoms. The first-order valence-corrected chi connectivity index (χ1v) is 12.4. The fourth-order valence-corrected chi connectivity index (χ4v) is 5.06. The van der Waals surface area contributed by atoms with Crippen LogP contribution in [-0.4, -0.2) is 41.4 Å². The number of nitrogens with zero attached hydrogens (tertiary/aromatic N) is 1. The second kappa shape index (κ2) is 11.7. The molecule has 1 aliphatic heterocycles. The van der Waals surface area contributed by atoms with Gasteiger partial charge in [0.1, 0.15) is 12.3 Å². The molecule has 6 heteroatoms. The van der Waals surface area contributed by atoms with Gasteiger partial charge < -0.3 is 14.2 Å². The van der Waals surface area contributed by atoms with E-state index in [4.69, 9.17) is 14.2 Å². The summed E-state index contributed by atoms with van der Waals surface area (Å²) in [6.07, 6.45) is 8.56. The number of hydrogen-bond donors (Lipinski definition) is 0. The standard InChI is InChI=1S/C27H39NO5/c1-5-22(25(29)31-6-2)18-24-23(17-20-13-9-7-10-14-20)28(27(3,4)33-24)26(30)32-19-21-15-11-8-12-16-21/h8,11-12,15-16,18,20,23-24H,5-7,9-10,13-14,17,19H2,1-4H3/t23-,24?/m0/s1. The summed E-state index contributed by atoms with van der Waals surface area (Å²) >= 11 is 0. The predicted molar refractivity (Wildman–Crippen MR) is 127 cm³/mol. The van der Waals surface area contributed by atoms with Crippen molar-refractivity contribution in [1.82, 2.24) is 4.90 Å². The number of carbonyl (C=O) groups is 2. The van der Waals surface area contributed by atoms with Crippen molar-refractivity contribution in [2.75, 3.05) is 6.61 Å². The first-order chi connectivity index (χ1) is 15.9. The van der Waals surface area contributed by atoms with Gasteiger partial charge in [-0.25, -0.2) is 9.59 Å². The van der Waals surface area contributed by atoms with E-state index in [1.54, 1.807) is 11.8 Å². The lowest BCUT2D eigenvalue weighted by Crippen LogP contribution is -2.49. The van der Waals surface area contributed by atoms with Crippen LogP contribution in [0.1, 0.15) is 78.2 Å². The highest BCUT2D eigenvalue weighted by atomic mass is 16.6. The van der Waals surface area contributed by atoms with Gasteiger partial charge in [0.05, 0.1) is 18.8 Å². The summed E-state index contributed by atoms with van der Waals surface area (Å²) in [7, 11) is 0. The van der Waals surface area contributed by atoms with Crippen LogP contribution in [0.15, 0.2) is 42.0 Å². The largest absolute Gasteiger partial charge is 0.463 e. The molecule has 0 N–H and O–H groups in total. The van der Waals surface area contributed by atoms with E-state index in [1.165, 1.54) is 32.1 Å². The van der Waals surface area contributed by atoms with Gasteiger partial charge in [-0.05, 0) is 51.2 Å². The lowest BCUT2D eigenvalue weighted by molar-refractivity contribution is -0.138. The second-order valence-corrected chi connectivity index (χ2v) is 9.51. The van der Waals surface area contributed by atoms with Gasteiger partial charge in [-0.1, -0.05) is 69.4 Å². The summed E-state index contributed by atoms with van der Waals surface area (Å²) in [6.45, 7) is 8.08. The first-order valence-electron chi connectivity index (χ1n) is 12.4. The summed E-state index contributed by atoms with van der Waals surface area (Å²) in [4.78, 5) is 27.5. The van der Waals surface area contributed by atoms with Gasteiger partial charge in [-0.15, -0.1) is 0 Å². The Balaban J connectivity index is 1.84. The molecule has 0 spiro atoms. The average molecular weight is 458 g/mol. The van der Waals surface area contributed by atoms with Crippen molar-refractivity contribution in [3.63, 3.8) is 0 Å². The Labute approximate surface area is 198 Å². The van der Waals surface area contributed by atoms with Crippen LogP contribution in [0, 0.1) is 5.92 Å². The van der Waals surface area contributed by atoms with Crippen molar-refractivity contribution in [2.45, 2.75) is 97.1 Å². The molecule has 6 nitrogen and oxygen atoms in total. The molecule has 2 fully saturated rings. The normalized spacial score (nSPS) is 23.4. The molecule has 3 rings (SSSR count). The van der Waals surface area contributed by atoms with Gasteiger partial charge >= 0.3 is 12.1 Å². The Morgan fingerprint density at radius 2 is 1.79 bits per heavy atom. The monoisotopic (exact) mass is 457 g/mol. The summed E-state index contributed by atoms with van der Waals surface area (Å²) in [5.41, 5.74) is 0.687. The van der Waals surface area contributed by atoms with Crippen LogP contribution in [0.4, 0.5) is 4.79 Å².